The minimum Gasteiger partial charge on any atom is -0.473 e. The van der Waals surface area contributed by atoms with E-state index >= 15 is 0 Å². The maximum atomic E-state index is 14.1. The van der Waals surface area contributed by atoms with Crippen LogP contribution in [0.5, 0.6) is 5.88 Å². The molecule has 4 N–H and O–H groups in total. The lowest BCUT2D eigenvalue weighted by molar-refractivity contribution is -0.124. The van der Waals surface area contributed by atoms with Gasteiger partial charge in [-0.2, -0.15) is 19.5 Å². The highest BCUT2D eigenvalue weighted by Crippen LogP contribution is 2.39. The summed E-state index contributed by atoms with van der Waals surface area (Å²) in [5, 5.41) is 14.0. The zero-order valence-corrected chi connectivity index (χ0v) is 26.4. The number of anilines is 3. The van der Waals surface area contributed by atoms with Gasteiger partial charge < -0.3 is 25.7 Å². The summed E-state index contributed by atoms with van der Waals surface area (Å²) in [7, 11) is 1.89. The summed E-state index contributed by atoms with van der Waals surface area (Å²) in [6, 6.07) is 3.45. The van der Waals surface area contributed by atoms with Gasteiger partial charge in [-0.25, -0.2) is 9.97 Å². The Morgan fingerprint density at radius 1 is 1.17 bits per heavy atom. The van der Waals surface area contributed by atoms with Crippen LogP contribution in [0.15, 0.2) is 30.6 Å². The minimum absolute atomic E-state index is 0.0834. The van der Waals surface area contributed by atoms with Crippen LogP contribution < -0.4 is 20.7 Å². The number of likely N-dealkylation sites (tertiary alicyclic amines) is 1. The summed E-state index contributed by atoms with van der Waals surface area (Å²) in [6.45, 7) is 7.45. The summed E-state index contributed by atoms with van der Waals surface area (Å²) in [6.07, 6.45) is 11.1. The topological polar surface area (TPSA) is 151 Å². The average molecular weight is 628 g/mol. The molecule has 3 aliphatic rings. The molecule has 4 aromatic rings. The molecule has 1 unspecified atom stereocenters. The predicted molar refractivity (Wildman–Crippen MR) is 171 cm³/mol. The summed E-state index contributed by atoms with van der Waals surface area (Å²) in [5.41, 5.74) is 4.96. The van der Waals surface area contributed by atoms with Gasteiger partial charge >= 0.3 is 0 Å². The van der Waals surface area contributed by atoms with Gasteiger partial charge in [-0.3, -0.25) is 14.4 Å². The number of nitrogens with one attached hydrogen (secondary N) is 4. The van der Waals surface area contributed by atoms with Crippen molar-refractivity contribution in [1.29, 1.82) is 0 Å². The van der Waals surface area contributed by atoms with Crippen LogP contribution in [-0.4, -0.2) is 77.3 Å². The zero-order chi connectivity index (χ0) is 32.0. The van der Waals surface area contributed by atoms with Crippen LogP contribution in [0.4, 0.5) is 22.1 Å². The number of aromatic nitrogens is 7. The fourth-order valence-electron chi connectivity index (χ4n) is 6.09. The van der Waals surface area contributed by atoms with Gasteiger partial charge in [0, 0.05) is 67.2 Å². The first-order chi connectivity index (χ1) is 22.1. The molecule has 46 heavy (non-hydrogen) atoms. The van der Waals surface area contributed by atoms with E-state index in [4.69, 9.17) is 9.72 Å². The largest absolute Gasteiger partial charge is 0.473 e. The molecule has 0 spiro atoms. The Labute approximate surface area is 266 Å². The standard InChI is InChI=1S/C32H38FN11O2/c1-18-14-35-30(38-25-12-19(2)43(4)42-25)40-28(18)23-15-34-29-22(23)6-5-10-32(29,3)41-26(45)17-44-11-9-21(16-44)46-27-13-24(33)37-31(39-27)36-20-7-8-20/h5-6,12-15,20-21,34H,7-11,16-17H2,1-4H3,(H,41,45)(H,36,37,39)(H,35,38,40,42)/t21-,32?/m0/s1. The predicted octanol–water partition coefficient (Wildman–Crippen LogP) is 3.97. The molecule has 14 heteroatoms. The summed E-state index contributed by atoms with van der Waals surface area (Å²) < 4.78 is 21.8. The fourth-order valence-corrected chi connectivity index (χ4v) is 6.09. The molecular formula is C32H38FN11O2. The van der Waals surface area contributed by atoms with E-state index in [-0.39, 0.29) is 30.4 Å². The fraction of sp³-hybridized carbons (Fsp3) is 0.438. The van der Waals surface area contributed by atoms with Crippen molar-refractivity contribution in [3.05, 3.63) is 59.1 Å². The maximum absolute atomic E-state index is 14.1. The van der Waals surface area contributed by atoms with E-state index in [1.807, 2.05) is 45.0 Å². The van der Waals surface area contributed by atoms with Gasteiger partial charge in [0.15, 0.2) is 5.82 Å². The van der Waals surface area contributed by atoms with Crippen molar-refractivity contribution >= 4 is 29.7 Å². The molecular weight excluding hydrogens is 589 g/mol. The first-order valence-electron chi connectivity index (χ1n) is 15.6. The number of nitrogens with zero attached hydrogens (tertiary/aromatic N) is 7. The Morgan fingerprint density at radius 3 is 2.80 bits per heavy atom. The molecule has 240 valence electrons. The molecule has 13 nitrogen and oxygen atoms in total. The summed E-state index contributed by atoms with van der Waals surface area (Å²) in [5.74, 6) is 0.875. The number of amides is 1. The number of aryl methyl sites for hydroxylation is 3. The molecule has 1 amide bonds. The highest BCUT2D eigenvalue weighted by molar-refractivity contribution is 5.82. The maximum Gasteiger partial charge on any atom is 0.234 e. The number of ether oxygens (including phenoxy) is 1. The van der Waals surface area contributed by atoms with Gasteiger partial charge in [0.1, 0.15) is 6.10 Å². The Hall–Kier alpha value is -4.85. The van der Waals surface area contributed by atoms with Crippen molar-refractivity contribution in [3.63, 3.8) is 0 Å². The molecule has 4 aromatic heterocycles. The van der Waals surface area contributed by atoms with Gasteiger partial charge in [-0.1, -0.05) is 12.2 Å². The highest BCUT2D eigenvalue weighted by Gasteiger charge is 2.36. The van der Waals surface area contributed by atoms with E-state index in [0.717, 1.165) is 46.6 Å². The molecule has 1 saturated heterocycles. The molecule has 1 aliphatic heterocycles. The number of aromatic amines is 1. The molecule has 0 bridgehead atoms. The lowest BCUT2D eigenvalue weighted by Gasteiger charge is -2.33. The number of halogens is 1. The first kappa shape index (κ1) is 29.8. The van der Waals surface area contributed by atoms with E-state index in [1.165, 1.54) is 6.07 Å². The zero-order valence-electron chi connectivity index (χ0n) is 26.4. The van der Waals surface area contributed by atoms with E-state index < -0.39 is 11.5 Å². The molecule has 5 heterocycles. The monoisotopic (exact) mass is 627 g/mol. The van der Waals surface area contributed by atoms with Gasteiger partial charge in [0.05, 0.1) is 23.8 Å². The number of rotatable bonds is 10. The smallest absolute Gasteiger partial charge is 0.234 e. The molecule has 1 saturated carbocycles. The van der Waals surface area contributed by atoms with E-state index in [1.54, 1.807) is 10.9 Å². The second-order valence-electron chi connectivity index (χ2n) is 12.7. The third-order valence-electron chi connectivity index (χ3n) is 8.74. The van der Waals surface area contributed by atoms with Gasteiger partial charge in [0.2, 0.25) is 29.6 Å². The van der Waals surface area contributed by atoms with Crippen molar-refractivity contribution in [3.8, 4) is 17.1 Å². The SMILES string of the molecule is Cc1cnc(Nc2cc(C)n(C)n2)nc1-c1c[nH]c2c1C=CCC2(C)NC(=O)CN1CC[C@H](Oc2cc(F)nc(NC3CC3)n2)C1. The number of carbonyl (C=O) groups is 1. The minimum atomic E-state index is -0.633. The summed E-state index contributed by atoms with van der Waals surface area (Å²) >= 11 is 0. The van der Waals surface area contributed by atoms with E-state index in [2.05, 4.69) is 53.1 Å². The Morgan fingerprint density at radius 2 is 2.02 bits per heavy atom. The van der Waals surface area contributed by atoms with Crippen LogP contribution in [-0.2, 0) is 17.4 Å². The van der Waals surface area contributed by atoms with Crippen molar-refractivity contribution in [2.24, 2.45) is 7.05 Å². The number of hydrogen-bond donors (Lipinski definition) is 4. The van der Waals surface area contributed by atoms with Crippen molar-refractivity contribution < 1.29 is 13.9 Å². The number of carbonyl (C=O) groups excluding carboxylic acids is 1. The number of H-pyrrole nitrogens is 1. The summed E-state index contributed by atoms with van der Waals surface area (Å²) in [4.78, 5) is 36.3. The van der Waals surface area contributed by atoms with Crippen LogP contribution in [0, 0.1) is 19.8 Å². The molecule has 0 radical (unpaired) electrons. The lowest BCUT2D eigenvalue weighted by Crippen LogP contribution is -2.48. The normalized spacial score (nSPS) is 20.8. The Bertz CT molecular complexity index is 1790. The first-order valence-corrected chi connectivity index (χ1v) is 15.6. The van der Waals surface area contributed by atoms with Crippen molar-refractivity contribution in [1.82, 2.24) is 44.9 Å². The van der Waals surface area contributed by atoms with Gasteiger partial charge in [0.25, 0.3) is 0 Å². The highest BCUT2D eigenvalue weighted by atomic mass is 19.1. The van der Waals surface area contributed by atoms with Gasteiger partial charge in [-0.15, -0.1) is 0 Å². The molecule has 7 rings (SSSR count). The lowest BCUT2D eigenvalue weighted by atomic mass is 9.85. The van der Waals surface area contributed by atoms with Crippen LogP contribution in [0.1, 0.15) is 55.1 Å². The third kappa shape index (κ3) is 6.29. The van der Waals surface area contributed by atoms with Crippen molar-refractivity contribution in [2.75, 3.05) is 30.3 Å². The molecule has 2 atom stereocenters. The average Bonchev–Trinajstić information content (AvgIpc) is 3.36. The Balaban J connectivity index is 1.00. The molecule has 2 fully saturated rings. The van der Waals surface area contributed by atoms with Crippen LogP contribution in [0.25, 0.3) is 17.3 Å². The van der Waals surface area contributed by atoms with E-state index in [9.17, 15) is 9.18 Å². The number of fused-ring (bicyclic) bond motifs is 1. The number of hydrogen-bond acceptors (Lipinski definition) is 10. The van der Waals surface area contributed by atoms with Crippen LogP contribution in [0.3, 0.4) is 0 Å². The quantitative estimate of drug-likeness (QED) is 0.190. The second-order valence-corrected chi connectivity index (χ2v) is 12.7. The van der Waals surface area contributed by atoms with E-state index in [0.29, 0.717) is 43.7 Å². The van der Waals surface area contributed by atoms with Gasteiger partial charge in [-0.05, 0) is 52.0 Å². The molecule has 2 aliphatic carbocycles. The third-order valence-corrected chi connectivity index (χ3v) is 8.74. The van der Waals surface area contributed by atoms with Crippen LogP contribution in [0.2, 0.25) is 0 Å². The Kier molecular flexibility index (Phi) is 7.67. The van der Waals surface area contributed by atoms with Crippen LogP contribution >= 0.6 is 0 Å². The molecule has 0 aromatic carbocycles. The van der Waals surface area contributed by atoms with Crippen molar-refractivity contribution in [2.45, 2.75) is 64.1 Å². The second kappa shape index (κ2) is 11.8.